The Balaban J connectivity index is 2.08. The maximum atomic E-state index is 11.5. The zero-order valence-corrected chi connectivity index (χ0v) is 10.8. The first-order valence-corrected chi connectivity index (χ1v) is 6.51. The van der Waals surface area contributed by atoms with Crippen LogP contribution in [-0.4, -0.2) is 15.9 Å². The summed E-state index contributed by atoms with van der Waals surface area (Å²) in [5.74, 6) is 0.645. The first kappa shape index (κ1) is 11.8. The van der Waals surface area contributed by atoms with E-state index in [4.69, 9.17) is 0 Å². The average molecular weight is 253 g/mol. The summed E-state index contributed by atoms with van der Waals surface area (Å²) < 4.78 is 0. The number of hydrogen-bond donors (Lipinski definition) is 1. The van der Waals surface area contributed by atoms with Gasteiger partial charge in [0.15, 0.2) is 0 Å². The fourth-order valence-electron chi connectivity index (χ4n) is 2.44. The van der Waals surface area contributed by atoms with Gasteiger partial charge in [0.05, 0.1) is 5.69 Å². The van der Waals surface area contributed by atoms with Crippen LogP contribution in [0.2, 0.25) is 0 Å². The third-order valence-corrected chi connectivity index (χ3v) is 3.44. The summed E-state index contributed by atoms with van der Waals surface area (Å²) in [6, 6.07) is 8.27. The van der Waals surface area contributed by atoms with Crippen LogP contribution in [-0.2, 0) is 17.6 Å². The molecule has 0 saturated heterocycles. The molecule has 1 aliphatic carbocycles. The highest BCUT2D eigenvalue weighted by Gasteiger charge is 2.20. The number of carbonyl (C=O) groups is 1. The van der Waals surface area contributed by atoms with Crippen molar-refractivity contribution < 1.29 is 4.79 Å². The van der Waals surface area contributed by atoms with E-state index in [0.29, 0.717) is 12.2 Å². The molecular formula is C15H15N3O. The average Bonchev–Trinajstić information content (AvgIpc) is 2.47. The lowest BCUT2D eigenvalue weighted by atomic mass is 9.89. The third-order valence-electron chi connectivity index (χ3n) is 3.44. The Hall–Kier alpha value is -2.23. The molecule has 2 aromatic rings. The van der Waals surface area contributed by atoms with Gasteiger partial charge in [-0.1, -0.05) is 31.2 Å². The first-order valence-electron chi connectivity index (χ1n) is 6.51. The second-order valence-corrected chi connectivity index (χ2v) is 4.61. The van der Waals surface area contributed by atoms with Gasteiger partial charge in [0.1, 0.15) is 12.1 Å². The van der Waals surface area contributed by atoms with Crippen molar-refractivity contribution in [3.8, 4) is 11.3 Å². The zero-order chi connectivity index (χ0) is 13.2. The molecule has 1 aromatic heterocycles. The molecule has 1 heterocycles. The highest BCUT2D eigenvalue weighted by molar-refractivity contribution is 5.91. The molecule has 0 aliphatic heterocycles. The summed E-state index contributed by atoms with van der Waals surface area (Å²) in [7, 11) is 0. The van der Waals surface area contributed by atoms with Gasteiger partial charge in [-0.05, 0) is 18.4 Å². The van der Waals surface area contributed by atoms with Gasteiger partial charge in [0, 0.05) is 17.5 Å². The predicted molar refractivity (Wildman–Crippen MR) is 73.8 cm³/mol. The van der Waals surface area contributed by atoms with Crippen LogP contribution in [0.15, 0.2) is 30.6 Å². The molecule has 4 heteroatoms. The molecule has 0 atom stereocenters. The number of fused-ring (bicyclic) bond motifs is 3. The number of anilines is 1. The lowest BCUT2D eigenvalue weighted by Gasteiger charge is -2.20. The monoisotopic (exact) mass is 253 g/mol. The van der Waals surface area contributed by atoms with Crippen LogP contribution in [0.1, 0.15) is 24.5 Å². The number of rotatable bonds is 2. The molecule has 0 radical (unpaired) electrons. The van der Waals surface area contributed by atoms with Gasteiger partial charge < -0.3 is 5.32 Å². The van der Waals surface area contributed by atoms with Crippen molar-refractivity contribution in [2.24, 2.45) is 0 Å². The van der Waals surface area contributed by atoms with E-state index in [0.717, 1.165) is 29.7 Å². The van der Waals surface area contributed by atoms with Crippen molar-refractivity contribution in [3.63, 3.8) is 0 Å². The van der Waals surface area contributed by atoms with Crippen molar-refractivity contribution in [1.82, 2.24) is 9.97 Å². The van der Waals surface area contributed by atoms with E-state index in [1.807, 2.05) is 19.1 Å². The van der Waals surface area contributed by atoms with Gasteiger partial charge in [0.25, 0.3) is 0 Å². The van der Waals surface area contributed by atoms with Crippen LogP contribution in [0.25, 0.3) is 11.3 Å². The number of nitrogens with one attached hydrogen (secondary N) is 1. The van der Waals surface area contributed by atoms with Crippen LogP contribution in [0.5, 0.6) is 0 Å². The highest BCUT2D eigenvalue weighted by Crippen LogP contribution is 2.34. The molecule has 3 rings (SSSR count). The molecule has 96 valence electrons. The quantitative estimate of drug-likeness (QED) is 0.895. The fraction of sp³-hybridized carbons (Fsp3) is 0.267. The molecule has 19 heavy (non-hydrogen) atoms. The largest absolute Gasteiger partial charge is 0.310 e. The number of amides is 1. The molecule has 0 fully saturated rings. The summed E-state index contributed by atoms with van der Waals surface area (Å²) in [4.78, 5) is 20.1. The Morgan fingerprint density at radius 2 is 2.11 bits per heavy atom. The first-order chi connectivity index (χ1) is 9.29. The van der Waals surface area contributed by atoms with Gasteiger partial charge in [-0.2, -0.15) is 0 Å². The van der Waals surface area contributed by atoms with Crippen molar-refractivity contribution in [2.75, 3.05) is 5.32 Å². The van der Waals surface area contributed by atoms with E-state index in [1.54, 1.807) is 0 Å². The van der Waals surface area contributed by atoms with Gasteiger partial charge in [-0.3, -0.25) is 4.79 Å². The normalized spacial score (nSPS) is 12.5. The second-order valence-electron chi connectivity index (χ2n) is 4.61. The summed E-state index contributed by atoms with van der Waals surface area (Å²) in [6.45, 7) is 1.83. The zero-order valence-electron chi connectivity index (χ0n) is 10.8. The van der Waals surface area contributed by atoms with Crippen LogP contribution < -0.4 is 5.32 Å². The van der Waals surface area contributed by atoms with Crippen molar-refractivity contribution in [2.45, 2.75) is 26.2 Å². The van der Waals surface area contributed by atoms with Crippen LogP contribution in [0.4, 0.5) is 5.82 Å². The Kier molecular flexibility index (Phi) is 2.99. The van der Waals surface area contributed by atoms with Gasteiger partial charge in [0.2, 0.25) is 5.91 Å². The molecule has 0 spiro atoms. The Morgan fingerprint density at radius 1 is 1.26 bits per heavy atom. The van der Waals surface area contributed by atoms with E-state index in [1.165, 1.54) is 11.9 Å². The molecule has 0 bridgehead atoms. The van der Waals surface area contributed by atoms with E-state index in [-0.39, 0.29) is 5.91 Å². The second kappa shape index (κ2) is 4.80. The van der Waals surface area contributed by atoms with E-state index >= 15 is 0 Å². The van der Waals surface area contributed by atoms with E-state index < -0.39 is 0 Å². The van der Waals surface area contributed by atoms with Crippen LogP contribution >= 0.6 is 0 Å². The molecule has 4 nitrogen and oxygen atoms in total. The van der Waals surface area contributed by atoms with Crippen molar-refractivity contribution >= 4 is 11.7 Å². The Bertz CT molecular complexity index is 637. The maximum absolute atomic E-state index is 11.5. The molecule has 1 aliphatic rings. The van der Waals surface area contributed by atoms with Gasteiger partial charge >= 0.3 is 0 Å². The minimum atomic E-state index is -0.0141. The van der Waals surface area contributed by atoms with Crippen molar-refractivity contribution in [1.29, 1.82) is 0 Å². The third kappa shape index (κ3) is 2.10. The Labute approximate surface area is 111 Å². The fourth-order valence-corrected chi connectivity index (χ4v) is 2.44. The minimum Gasteiger partial charge on any atom is -0.310 e. The topological polar surface area (TPSA) is 54.9 Å². The summed E-state index contributed by atoms with van der Waals surface area (Å²) in [6.07, 6.45) is 3.81. The number of hydrogen-bond acceptors (Lipinski definition) is 3. The number of nitrogens with zero attached hydrogens (tertiary/aromatic N) is 2. The minimum absolute atomic E-state index is 0.0141. The number of benzene rings is 1. The molecule has 1 N–H and O–H groups in total. The van der Waals surface area contributed by atoms with Crippen LogP contribution in [0.3, 0.4) is 0 Å². The van der Waals surface area contributed by atoms with E-state index in [2.05, 4.69) is 27.4 Å². The van der Waals surface area contributed by atoms with Gasteiger partial charge in [-0.25, -0.2) is 9.97 Å². The highest BCUT2D eigenvalue weighted by atomic mass is 16.1. The summed E-state index contributed by atoms with van der Waals surface area (Å²) >= 11 is 0. The molecule has 1 amide bonds. The summed E-state index contributed by atoms with van der Waals surface area (Å²) in [5, 5.41) is 2.86. The maximum Gasteiger partial charge on any atom is 0.225 e. The lowest BCUT2D eigenvalue weighted by Crippen LogP contribution is -2.16. The molecule has 0 saturated carbocycles. The smallest absolute Gasteiger partial charge is 0.225 e. The number of carbonyl (C=O) groups excluding carboxylic acids is 1. The lowest BCUT2D eigenvalue weighted by molar-refractivity contribution is -0.115. The molecular weight excluding hydrogens is 238 g/mol. The Morgan fingerprint density at radius 3 is 2.95 bits per heavy atom. The van der Waals surface area contributed by atoms with E-state index in [9.17, 15) is 4.79 Å². The predicted octanol–water partition coefficient (Wildman–Crippen LogP) is 2.59. The number of aryl methyl sites for hydroxylation is 1. The van der Waals surface area contributed by atoms with Crippen LogP contribution in [0, 0.1) is 0 Å². The van der Waals surface area contributed by atoms with Crippen molar-refractivity contribution in [3.05, 3.63) is 41.7 Å². The summed E-state index contributed by atoms with van der Waals surface area (Å²) in [5.41, 5.74) is 4.45. The SMILES string of the molecule is CCC(=O)Nc1ncnc2c1CCc1ccccc1-2. The van der Waals surface area contributed by atoms with Gasteiger partial charge in [-0.15, -0.1) is 0 Å². The number of aromatic nitrogens is 2. The molecule has 1 aromatic carbocycles. The molecule has 0 unspecified atom stereocenters. The standard InChI is InChI=1S/C15H15N3O/c1-2-13(19)18-15-12-8-7-10-5-3-4-6-11(10)14(12)16-9-17-15/h3-6,9H,2,7-8H2,1H3,(H,16,17,18,19).